The fourth-order valence-corrected chi connectivity index (χ4v) is 1.97. The van der Waals surface area contributed by atoms with Gasteiger partial charge in [-0.1, -0.05) is 23.7 Å². The lowest BCUT2D eigenvalue weighted by atomic mass is 10.1. The zero-order chi connectivity index (χ0) is 13.8. The Hall–Kier alpha value is -1.10. The maximum Gasteiger partial charge on any atom is 0.252 e. The van der Waals surface area contributed by atoms with Gasteiger partial charge >= 0.3 is 0 Å². The lowest BCUT2D eigenvalue weighted by Crippen LogP contribution is -2.47. The predicted molar refractivity (Wildman–Crippen MR) is 73.0 cm³/mol. The number of hydrogen-bond donors (Lipinski definition) is 2. The summed E-state index contributed by atoms with van der Waals surface area (Å²) in [5.74, 6) is -0.278. The number of amides is 1. The first-order valence-corrected chi connectivity index (χ1v) is 6.09. The van der Waals surface area contributed by atoms with Crippen molar-refractivity contribution in [2.45, 2.75) is 12.5 Å². The van der Waals surface area contributed by atoms with Crippen LogP contribution in [0.3, 0.4) is 0 Å². The van der Waals surface area contributed by atoms with Crippen LogP contribution in [-0.4, -0.2) is 48.7 Å². The molecule has 1 amide bonds. The zero-order valence-electron chi connectivity index (χ0n) is 10.9. The Kier molecular flexibility index (Phi) is 5.14. The van der Waals surface area contributed by atoms with Gasteiger partial charge in [-0.05, 0) is 33.2 Å². The van der Waals surface area contributed by atoms with Gasteiger partial charge in [-0.25, -0.2) is 0 Å². The minimum absolute atomic E-state index is 0.176. The van der Waals surface area contributed by atoms with Crippen molar-refractivity contribution in [1.82, 2.24) is 10.2 Å². The molecule has 0 radical (unpaired) electrons. The molecular weight excluding hydrogens is 252 g/mol. The Bertz CT molecular complexity index is 419. The molecule has 0 saturated heterocycles. The van der Waals surface area contributed by atoms with Crippen LogP contribution in [0.2, 0.25) is 5.02 Å². The van der Waals surface area contributed by atoms with E-state index in [0.29, 0.717) is 17.1 Å². The highest BCUT2D eigenvalue weighted by molar-refractivity contribution is 6.33. The molecule has 0 spiro atoms. The highest BCUT2D eigenvalue weighted by Gasteiger charge is 2.22. The number of hydrogen-bond acceptors (Lipinski definition) is 3. The second-order valence-electron chi connectivity index (χ2n) is 4.90. The molecule has 100 valence electrons. The van der Waals surface area contributed by atoms with Gasteiger partial charge in [0.05, 0.1) is 16.2 Å². The molecule has 1 unspecified atom stereocenters. The Morgan fingerprint density at radius 2 is 2.06 bits per heavy atom. The summed E-state index contributed by atoms with van der Waals surface area (Å²) in [6.45, 7) is 2.32. The predicted octanol–water partition coefficient (Wildman–Crippen LogP) is 1.38. The quantitative estimate of drug-likeness (QED) is 0.850. The summed E-state index contributed by atoms with van der Waals surface area (Å²) in [7, 11) is 3.73. The normalized spacial score (nSPS) is 14.3. The van der Waals surface area contributed by atoms with Crippen molar-refractivity contribution in [3.05, 3.63) is 34.9 Å². The standard InChI is InChI=1S/C13H19ClN2O2/c1-13(18,9-16(2)3)8-15-12(17)10-6-4-5-7-11(10)14/h4-7,18H,8-9H2,1-3H3,(H,15,17). The van der Waals surface area contributed by atoms with E-state index in [9.17, 15) is 9.90 Å². The summed E-state index contributed by atoms with van der Waals surface area (Å²) in [5.41, 5.74) is -0.555. The second kappa shape index (κ2) is 6.18. The van der Waals surface area contributed by atoms with Crippen LogP contribution in [0.1, 0.15) is 17.3 Å². The summed E-state index contributed by atoms with van der Waals surface area (Å²) in [4.78, 5) is 13.7. The molecule has 5 heteroatoms. The molecule has 0 heterocycles. The van der Waals surface area contributed by atoms with E-state index < -0.39 is 5.60 Å². The monoisotopic (exact) mass is 270 g/mol. The molecule has 1 atom stereocenters. The van der Waals surface area contributed by atoms with E-state index in [1.54, 1.807) is 31.2 Å². The minimum Gasteiger partial charge on any atom is -0.387 e. The van der Waals surface area contributed by atoms with Crippen molar-refractivity contribution < 1.29 is 9.90 Å². The molecule has 0 fully saturated rings. The number of aliphatic hydroxyl groups is 1. The summed E-state index contributed by atoms with van der Waals surface area (Å²) < 4.78 is 0. The Morgan fingerprint density at radius 1 is 1.44 bits per heavy atom. The highest BCUT2D eigenvalue weighted by atomic mass is 35.5. The molecule has 0 saturated carbocycles. The fourth-order valence-electron chi connectivity index (χ4n) is 1.75. The van der Waals surface area contributed by atoms with Gasteiger partial charge in [0.1, 0.15) is 0 Å². The first-order valence-electron chi connectivity index (χ1n) is 5.72. The molecule has 0 aliphatic heterocycles. The largest absolute Gasteiger partial charge is 0.387 e. The Balaban J connectivity index is 2.59. The average Bonchev–Trinajstić information content (AvgIpc) is 2.25. The Labute approximate surface area is 113 Å². The number of benzene rings is 1. The molecule has 4 nitrogen and oxygen atoms in total. The van der Waals surface area contributed by atoms with Gasteiger partial charge in [-0.2, -0.15) is 0 Å². The molecule has 0 aliphatic rings. The molecule has 1 aromatic carbocycles. The minimum atomic E-state index is -0.972. The lowest BCUT2D eigenvalue weighted by molar-refractivity contribution is 0.0326. The smallest absolute Gasteiger partial charge is 0.252 e. The summed E-state index contributed by atoms with van der Waals surface area (Å²) in [6.07, 6.45) is 0. The number of rotatable bonds is 5. The Morgan fingerprint density at radius 3 is 2.61 bits per heavy atom. The zero-order valence-corrected chi connectivity index (χ0v) is 11.7. The van der Waals surface area contributed by atoms with Crippen LogP contribution in [-0.2, 0) is 0 Å². The maximum atomic E-state index is 11.9. The molecule has 1 aromatic rings. The van der Waals surface area contributed by atoms with E-state index in [1.165, 1.54) is 0 Å². The topological polar surface area (TPSA) is 52.6 Å². The van der Waals surface area contributed by atoms with Gasteiger partial charge in [0.15, 0.2) is 0 Å². The highest BCUT2D eigenvalue weighted by Crippen LogP contribution is 2.14. The molecule has 0 aromatic heterocycles. The van der Waals surface area contributed by atoms with E-state index in [1.807, 2.05) is 19.0 Å². The number of carbonyl (C=O) groups is 1. The SMILES string of the molecule is CN(C)CC(C)(O)CNC(=O)c1ccccc1Cl. The second-order valence-corrected chi connectivity index (χ2v) is 5.30. The number of nitrogens with one attached hydrogen (secondary N) is 1. The van der Waals surface area contributed by atoms with Crippen molar-refractivity contribution in [2.24, 2.45) is 0 Å². The van der Waals surface area contributed by atoms with Crippen molar-refractivity contribution in [2.75, 3.05) is 27.2 Å². The van der Waals surface area contributed by atoms with Gasteiger partial charge in [0.2, 0.25) is 0 Å². The summed E-state index contributed by atoms with van der Waals surface area (Å²) >= 11 is 5.92. The van der Waals surface area contributed by atoms with Crippen molar-refractivity contribution >= 4 is 17.5 Å². The maximum absolute atomic E-state index is 11.9. The first-order chi connectivity index (χ1) is 8.32. The average molecular weight is 271 g/mol. The van der Waals surface area contributed by atoms with Crippen LogP contribution in [0.15, 0.2) is 24.3 Å². The first kappa shape index (κ1) is 15.0. The van der Waals surface area contributed by atoms with Gasteiger partial charge in [-0.3, -0.25) is 4.79 Å². The van der Waals surface area contributed by atoms with Crippen LogP contribution < -0.4 is 5.32 Å². The van der Waals surface area contributed by atoms with Crippen LogP contribution >= 0.6 is 11.6 Å². The van der Waals surface area contributed by atoms with E-state index >= 15 is 0 Å². The molecule has 2 N–H and O–H groups in total. The summed E-state index contributed by atoms with van der Waals surface area (Å²) in [5, 5.41) is 13.2. The third-order valence-corrected chi connectivity index (χ3v) is 2.73. The van der Waals surface area contributed by atoms with E-state index in [-0.39, 0.29) is 12.5 Å². The molecule has 0 aliphatic carbocycles. The van der Waals surface area contributed by atoms with Gasteiger partial charge < -0.3 is 15.3 Å². The third kappa shape index (κ3) is 4.64. The van der Waals surface area contributed by atoms with E-state index in [4.69, 9.17) is 11.6 Å². The van der Waals surface area contributed by atoms with Gasteiger partial charge in [-0.15, -0.1) is 0 Å². The summed E-state index contributed by atoms with van der Waals surface area (Å²) in [6, 6.07) is 6.83. The fraction of sp³-hybridized carbons (Fsp3) is 0.462. The molecule has 1 rings (SSSR count). The third-order valence-electron chi connectivity index (χ3n) is 2.41. The van der Waals surface area contributed by atoms with Crippen LogP contribution in [0.25, 0.3) is 0 Å². The van der Waals surface area contributed by atoms with E-state index in [2.05, 4.69) is 5.32 Å². The number of carbonyl (C=O) groups excluding carboxylic acids is 1. The van der Waals surface area contributed by atoms with Crippen molar-refractivity contribution in [3.8, 4) is 0 Å². The van der Waals surface area contributed by atoms with Crippen LogP contribution in [0.5, 0.6) is 0 Å². The molecular formula is C13H19ClN2O2. The molecule has 0 bridgehead atoms. The number of nitrogens with zero attached hydrogens (tertiary/aromatic N) is 1. The number of halogens is 1. The number of likely N-dealkylation sites (N-methyl/N-ethyl adjacent to an activating group) is 1. The lowest BCUT2D eigenvalue weighted by Gasteiger charge is -2.27. The van der Waals surface area contributed by atoms with Gasteiger partial charge in [0.25, 0.3) is 5.91 Å². The van der Waals surface area contributed by atoms with Crippen molar-refractivity contribution in [1.29, 1.82) is 0 Å². The van der Waals surface area contributed by atoms with Crippen LogP contribution in [0, 0.1) is 0 Å². The van der Waals surface area contributed by atoms with Crippen LogP contribution in [0.4, 0.5) is 0 Å². The van der Waals surface area contributed by atoms with Gasteiger partial charge in [0, 0.05) is 13.1 Å². The molecule has 18 heavy (non-hydrogen) atoms. The van der Waals surface area contributed by atoms with E-state index in [0.717, 1.165) is 0 Å². The van der Waals surface area contributed by atoms with Crippen molar-refractivity contribution in [3.63, 3.8) is 0 Å².